The van der Waals surface area contributed by atoms with E-state index in [0.29, 0.717) is 6.42 Å². The maximum Gasteiger partial charge on any atom is 0.416 e. The van der Waals surface area contributed by atoms with E-state index in [0.717, 1.165) is 30.5 Å². The van der Waals surface area contributed by atoms with Crippen LogP contribution < -0.4 is 0 Å². The first-order valence-corrected chi connectivity index (χ1v) is 6.18. The Kier molecular flexibility index (Phi) is 4.79. The number of halogens is 3. The van der Waals surface area contributed by atoms with Crippen molar-refractivity contribution in [3.63, 3.8) is 0 Å². The molecule has 1 unspecified atom stereocenters. The highest BCUT2D eigenvalue weighted by atomic mass is 19.4. The Labute approximate surface area is 106 Å². The second-order valence-corrected chi connectivity index (χ2v) is 4.62. The molecule has 0 fully saturated rings. The maximum absolute atomic E-state index is 12.5. The summed E-state index contributed by atoms with van der Waals surface area (Å²) in [4.78, 5) is 0. The molecule has 4 heteroatoms. The van der Waals surface area contributed by atoms with Crippen LogP contribution in [0.15, 0.2) is 24.3 Å². The molecule has 1 atom stereocenters. The zero-order valence-electron chi connectivity index (χ0n) is 10.7. The fourth-order valence-electron chi connectivity index (χ4n) is 2.30. The Morgan fingerprint density at radius 1 is 1.00 bits per heavy atom. The van der Waals surface area contributed by atoms with E-state index in [1.807, 2.05) is 13.8 Å². The quantitative estimate of drug-likeness (QED) is 0.843. The van der Waals surface area contributed by atoms with E-state index >= 15 is 0 Å². The first kappa shape index (κ1) is 15.0. The molecule has 0 saturated carbocycles. The number of alkyl halides is 3. The van der Waals surface area contributed by atoms with Crippen molar-refractivity contribution < 1.29 is 18.3 Å². The molecular weight excluding hydrogens is 241 g/mol. The van der Waals surface area contributed by atoms with Crippen molar-refractivity contribution >= 4 is 0 Å². The van der Waals surface area contributed by atoms with Gasteiger partial charge in [0.2, 0.25) is 0 Å². The Morgan fingerprint density at radius 3 is 1.83 bits per heavy atom. The van der Waals surface area contributed by atoms with Gasteiger partial charge >= 0.3 is 6.18 Å². The van der Waals surface area contributed by atoms with Gasteiger partial charge in [-0.05, 0) is 30.5 Å². The van der Waals surface area contributed by atoms with Gasteiger partial charge in [-0.25, -0.2) is 0 Å². The minimum atomic E-state index is -4.31. The third kappa shape index (κ3) is 3.05. The molecule has 0 aliphatic rings. The topological polar surface area (TPSA) is 20.2 Å². The third-order valence-corrected chi connectivity index (χ3v) is 3.53. The highest BCUT2D eigenvalue weighted by Gasteiger charge is 2.32. The molecule has 0 aliphatic carbocycles. The molecule has 0 bridgehead atoms. The average molecular weight is 260 g/mol. The first-order chi connectivity index (χ1) is 8.39. The molecule has 0 aromatic heterocycles. The first-order valence-electron chi connectivity index (χ1n) is 6.18. The van der Waals surface area contributed by atoms with Gasteiger partial charge in [0.15, 0.2) is 0 Å². The average Bonchev–Trinajstić information content (AvgIpc) is 2.35. The normalized spacial score (nSPS) is 15.4. The molecule has 0 saturated heterocycles. The summed E-state index contributed by atoms with van der Waals surface area (Å²) in [5.41, 5.74) is -0.285. The molecule has 1 aromatic rings. The SMILES string of the molecule is CCCC(CC)(CO)c1ccc(C(F)(F)F)cc1. The van der Waals surface area contributed by atoms with Gasteiger partial charge in [0, 0.05) is 5.41 Å². The highest BCUT2D eigenvalue weighted by molar-refractivity contribution is 5.30. The zero-order valence-corrected chi connectivity index (χ0v) is 10.7. The van der Waals surface area contributed by atoms with Crippen LogP contribution in [0.4, 0.5) is 13.2 Å². The molecule has 0 heterocycles. The summed E-state index contributed by atoms with van der Waals surface area (Å²) in [6.07, 6.45) is -1.94. The van der Waals surface area contributed by atoms with Crippen LogP contribution in [0.3, 0.4) is 0 Å². The number of aliphatic hydroxyl groups is 1. The second kappa shape index (κ2) is 5.74. The minimum Gasteiger partial charge on any atom is -0.395 e. The van der Waals surface area contributed by atoms with Crippen molar-refractivity contribution in [1.82, 2.24) is 0 Å². The van der Waals surface area contributed by atoms with Crippen LogP contribution >= 0.6 is 0 Å². The number of aliphatic hydroxyl groups excluding tert-OH is 1. The van der Waals surface area contributed by atoms with Crippen LogP contribution in [0.25, 0.3) is 0 Å². The fourth-order valence-corrected chi connectivity index (χ4v) is 2.30. The second-order valence-electron chi connectivity index (χ2n) is 4.62. The summed E-state index contributed by atoms with van der Waals surface area (Å²) in [7, 11) is 0. The standard InChI is InChI=1S/C14H19F3O/c1-3-9-13(4-2,10-18)11-5-7-12(8-6-11)14(15,16)17/h5-8,18H,3-4,9-10H2,1-2H3. The van der Waals surface area contributed by atoms with E-state index < -0.39 is 17.2 Å². The molecule has 1 N–H and O–H groups in total. The van der Waals surface area contributed by atoms with E-state index in [4.69, 9.17) is 0 Å². The summed E-state index contributed by atoms with van der Waals surface area (Å²) >= 11 is 0. The molecule has 0 amide bonds. The predicted octanol–water partition coefficient (Wildman–Crippen LogP) is 4.15. The van der Waals surface area contributed by atoms with Crippen molar-refractivity contribution in [2.24, 2.45) is 0 Å². The Balaban J connectivity index is 3.08. The number of rotatable bonds is 5. The van der Waals surface area contributed by atoms with E-state index in [9.17, 15) is 18.3 Å². The molecule has 0 spiro atoms. The highest BCUT2D eigenvalue weighted by Crippen LogP contribution is 2.35. The molecule has 1 nitrogen and oxygen atoms in total. The van der Waals surface area contributed by atoms with E-state index in [1.54, 1.807) is 0 Å². The van der Waals surface area contributed by atoms with Gasteiger partial charge in [0.25, 0.3) is 0 Å². The predicted molar refractivity (Wildman–Crippen MR) is 65.4 cm³/mol. The maximum atomic E-state index is 12.5. The van der Waals surface area contributed by atoms with Gasteiger partial charge in [0.1, 0.15) is 0 Å². The molecule has 1 aromatic carbocycles. The molecule has 0 radical (unpaired) electrons. The number of hydrogen-bond donors (Lipinski definition) is 1. The monoisotopic (exact) mass is 260 g/mol. The van der Waals surface area contributed by atoms with Crippen LogP contribution in [-0.2, 0) is 11.6 Å². The van der Waals surface area contributed by atoms with Gasteiger partial charge in [-0.3, -0.25) is 0 Å². The summed E-state index contributed by atoms with van der Waals surface area (Å²) in [5, 5.41) is 9.57. The Hall–Kier alpha value is -1.03. The van der Waals surface area contributed by atoms with Crippen LogP contribution in [0.1, 0.15) is 44.2 Å². The van der Waals surface area contributed by atoms with Crippen molar-refractivity contribution in [3.05, 3.63) is 35.4 Å². The van der Waals surface area contributed by atoms with Crippen molar-refractivity contribution in [3.8, 4) is 0 Å². The largest absolute Gasteiger partial charge is 0.416 e. The minimum absolute atomic E-state index is 0.0390. The van der Waals surface area contributed by atoms with Crippen LogP contribution in [0.2, 0.25) is 0 Å². The number of hydrogen-bond acceptors (Lipinski definition) is 1. The lowest BCUT2D eigenvalue weighted by Gasteiger charge is -2.31. The Bertz CT molecular complexity index is 364. The Morgan fingerprint density at radius 2 is 1.50 bits per heavy atom. The van der Waals surface area contributed by atoms with Gasteiger partial charge in [-0.2, -0.15) is 13.2 Å². The fraction of sp³-hybridized carbons (Fsp3) is 0.571. The molecule has 102 valence electrons. The molecular formula is C14H19F3O. The number of benzene rings is 1. The van der Waals surface area contributed by atoms with Crippen molar-refractivity contribution in [1.29, 1.82) is 0 Å². The van der Waals surface area contributed by atoms with E-state index in [2.05, 4.69) is 0 Å². The van der Waals surface area contributed by atoms with Gasteiger partial charge < -0.3 is 5.11 Å². The van der Waals surface area contributed by atoms with Gasteiger partial charge in [-0.1, -0.05) is 32.4 Å². The summed E-state index contributed by atoms with van der Waals surface area (Å²) < 4.78 is 37.4. The van der Waals surface area contributed by atoms with Crippen LogP contribution in [0, 0.1) is 0 Å². The molecule has 18 heavy (non-hydrogen) atoms. The third-order valence-electron chi connectivity index (χ3n) is 3.53. The van der Waals surface area contributed by atoms with Crippen molar-refractivity contribution in [2.45, 2.75) is 44.7 Å². The lowest BCUT2D eigenvalue weighted by molar-refractivity contribution is -0.137. The lowest BCUT2D eigenvalue weighted by atomic mass is 9.75. The van der Waals surface area contributed by atoms with E-state index in [1.165, 1.54) is 12.1 Å². The summed E-state index contributed by atoms with van der Waals surface area (Å²) in [6.45, 7) is 3.91. The van der Waals surface area contributed by atoms with Crippen LogP contribution in [0.5, 0.6) is 0 Å². The van der Waals surface area contributed by atoms with Crippen molar-refractivity contribution in [2.75, 3.05) is 6.61 Å². The zero-order chi connectivity index (χ0) is 13.8. The van der Waals surface area contributed by atoms with Crippen LogP contribution in [-0.4, -0.2) is 11.7 Å². The summed E-state index contributed by atoms with van der Waals surface area (Å²) in [6, 6.07) is 5.15. The molecule has 0 aliphatic heterocycles. The smallest absolute Gasteiger partial charge is 0.395 e. The van der Waals surface area contributed by atoms with Gasteiger partial charge in [0.05, 0.1) is 12.2 Å². The lowest BCUT2D eigenvalue weighted by Crippen LogP contribution is -2.29. The van der Waals surface area contributed by atoms with Gasteiger partial charge in [-0.15, -0.1) is 0 Å². The summed E-state index contributed by atoms with van der Waals surface area (Å²) in [5.74, 6) is 0. The molecule has 1 rings (SSSR count). The van der Waals surface area contributed by atoms with E-state index in [-0.39, 0.29) is 6.61 Å².